The predicted octanol–water partition coefficient (Wildman–Crippen LogP) is 4.41. The molecule has 0 radical (unpaired) electrons. The number of nitriles is 1. The van der Waals surface area contributed by atoms with Gasteiger partial charge in [0.15, 0.2) is 17.4 Å². The maximum atomic E-state index is 13.8. The van der Waals surface area contributed by atoms with Crippen molar-refractivity contribution in [1.82, 2.24) is 4.98 Å². The van der Waals surface area contributed by atoms with Crippen LogP contribution < -0.4 is 10.5 Å². The van der Waals surface area contributed by atoms with Crippen molar-refractivity contribution in [3.63, 3.8) is 0 Å². The van der Waals surface area contributed by atoms with Crippen LogP contribution in [0, 0.1) is 36.8 Å². The highest BCUT2D eigenvalue weighted by molar-refractivity contribution is 7.19. The quantitative estimate of drug-likeness (QED) is 0.690. The number of rotatable bonds is 1. The highest BCUT2D eigenvalue weighted by Crippen LogP contribution is 2.50. The van der Waals surface area contributed by atoms with Gasteiger partial charge in [0.05, 0.1) is 16.2 Å². The molecule has 26 heavy (non-hydrogen) atoms. The summed E-state index contributed by atoms with van der Waals surface area (Å²) in [6, 6.07) is 7.58. The SMILES string of the molecule is Cc1cc(C)c2c3c(sc2n1)[C@H](c1ccc(F)c(F)c1)C(C#N)=C(N)O3. The van der Waals surface area contributed by atoms with Crippen molar-refractivity contribution in [2.24, 2.45) is 5.73 Å². The van der Waals surface area contributed by atoms with Gasteiger partial charge in [0.2, 0.25) is 5.88 Å². The average molecular weight is 369 g/mol. The summed E-state index contributed by atoms with van der Waals surface area (Å²) in [5.74, 6) is -2.05. The van der Waals surface area contributed by atoms with E-state index < -0.39 is 17.6 Å². The number of nitrogens with two attached hydrogens (primary N) is 1. The van der Waals surface area contributed by atoms with Crippen LogP contribution in [-0.2, 0) is 0 Å². The molecule has 0 bridgehead atoms. The molecule has 0 fully saturated rings. The van der Waals surface area contributed by atoms with Gasteiger partial charge in [-0.2, -0.15) is 5.26 Å². The summed E-state index contributed by atoms with van der Waals surface area (Å²) < 4.78 is 32.9. The van der Waals surface area contributed by atoms with Gasteiger partial charge < -0.3 is 10.5 Å². The third kappa shape index (κ3) is 2.34. The minimum absolute atomic E-state index is 0.0330. The van der Waals surface area contributed by atoms with E-state index in [4.69, 9.17) is 10.5 Å². The second kappa shape index (κ2) is 5.78. The summed E-state index contributed by atoms with van der Waals surface area (Å²) in [5.41, 5.74) is 8.43. The molecule has 0 saturated heterocycles. The fourth-order valence-electron chi connectivity index (χ4n) is 3.29. The Balaban J connectivity index is 2.03. The lowest BCUT2D eigenvalue weighted by Gasteiger charge is -2.24. The van der Waals surface area contributed by atoms with Crippen molar-refractivity contribution in [2.45, 2.75) is 19.8 Å². The molecular formula is C19H13F2N3OS. The lowest BCUT2D eigenvalue weighted by molar-refractivity contribution is 0.401. The monoisotopic (exact) mass is 369 g/mol. The Morgan fingerprint density at radius 3 is 2.69 bits per heavy atom. The lowest BCUT2D eigenvalue weighted by Crippen LogP contribution is -2.20. The third-order valence-corrected chi connectivity index (χ3v) is 5.52. The summed E-state index contributed by atoms with van der Waals surface area (Å²) in [6.07, 6.45) is 0. The van der Waals surface area contributed by atoms with Crippen molar-refractivity contribution in [1.29, 1.82) is 5.26 Å². The van der Waals surface area contributed by atoms with Gasteiger partial charge in [-0.3, -0.25) is 0 Å². The molecule has 1 aliphatic heterocycles. The van der Waals surface area contributed by atoms with Crippen molar-refractivity contribution < 1.29 is 13.5 Å². The van der Waals surface area contributed by atoms with Gasteiger partial charge in [-0.15, -0.1) is 11.3 Å². The summed E-state index contributed by atoms with van der Waals surface area (Å²) in [6.45, 7) is 3.84. The fraction of sp³-hybridized carbons (Fsp3) is 0.158. The first-order valence-electron chi connectivity index (χ1n) is 7.84. The van der Waals surface area contributed by atoms with Crippen LogP contribution in [0.25, 0.3) is 10.2 Å². The van der Waals surface area contributed by atoms with E-state index in [2.05, 4.69) is 4.98 Å². The van der Waals surface area contributed by atoms with Gasteiger partial charge in [-0.25, -0.2) is 13.8 Å². The zero-order valence-corrected chi connectivity index (χ0v) is 14.7. The number of ether oxygens (including phenoxy) is 1. The van der Waals surface area contributed by atoms with Crippen molar-refractivity contribution in [3.8, 4) is 11.8 Å². The number of halogens is 2. The number of nitrogens with zero attached hydrogens (tertiary/aromatic N) is 2. The van der Waals surface area contributed by atoms with E-state index in [9.17, 15) is 14.0 Å². The number of aromatic nitrogens is 1. The standard InChI is InChI=1S/C19H13F2N3OS/c1-8-5-9(2)24-19-14(8)16-17(26-19)15(11(7-22)18(23)25-16)10-3-4-12(20)13(21)6-10/h3-6,15H,23H2,1-2H3/t15-/m1/s1. The average Bonchev–Trinajstić information content (AvgIpc) is 2.94. The first-order valence-corrected chi connectivity index (χ1v) is 8.65. The predicted molar refractivity (Wildman–Crippen MR) is 94.7 cm³/mol. The van der Waals surface area contributed by atoms with E-state index in [-0.39, 0.29) is 11.5 Å². The highest BCUT2D eigenvalue weighted by Gasteiger charge is 2.35. The summed E-state index contributed by atoms with van der Waals surface area (Å²) in [5, 5.41) is 10.4. The number of benzene rings is 1. The molecule has 1 aliphatic rings. The zero-order chi connectivity index (χ0) is 18.6. The van der Waals surface area contributed by atoms with E-state index in [1.807, 2.05) is 26.0 Å². The molecule has 4 rings (SSSR count). The number of fused-ring (bicyclic) bond motifs is 3. The Morgan fingerprint density at radius 2 is 2.00 bits per heavy atom. The van der Waals surface area contributed by atoms with Crippen LogP contribution >= 0.6 is 11.3 Å². The fourth-order valence-corrected chi connectivity index (χ4v) is 4.65. The van der Waals surface area contributed by atoms with E-state index in [1.165, 1.54) is 17.4 Å². The number of allylic oxidation sites excluding steroid dienone is 1. The molecule has 130 valence electrons. The normalized spacial score (nSPS) is 16.3. The van der Waals surface area contributed by atoms with E-state index in [0.29, 0.717) is 16.2 Å². The first-order chi connectivity index (χ1) is 12.4. The van der Waals surface area contributed by atoms with E-state index in [1.54, 1.807) is 0 Å². The molecule has 1 atom stereocenters. The second-order valence-corrected chi connectivity index (χ2v) is 7.19. The van der Waals surface area contributed by atoms with E-state index in [0.717, 1.165) is 33.6 Å². The molecule has 0 spiro atoms. The lowest BCUT2D eigenvalue weighted by atomic mass is 9.88. The largest absolute Gasteiger partial charge is 0.439 e. The Hall–Kier alpha value is -2.98. The number of thiophene rings is 1. The van der Waals surface area contributed by atoms with Gasteiger partial charge in [0, 0.05) is 5.69 Å². The smallest absolute Gasteiger partial charge is 0.205 e. The van der Waals surface area contributed by atoms with Crippen LogP contribution in [0.2, 0.25) is 0 Å². The van der Waals surface area contributed by atoms with Gasteiger partial charge in [-0.05, 0) is 43.2 Å². The molecule has 1 aromatic carbocycles. The minimum atomic E-state index is -0.974. The number of aryl methyl sites for hydroxylation is 2. The zero-order valence-electron chi connectivity index (χ0n) is 13.9. The first kappa shape index (κ1) is 16.5. The van der Waals surface area contributed by atoms with Crippen LogP contribution in [0.5, 0.6) is 5.75 Å². The Labute approximate surface area is 152 Å². The minimum Gasteiger partial charge on any atom is -0.439 e. The summed E-state index contributed by atoms with van der Waals surface area (Å²) >= 11 is 1.37. The van der Waals surface area contributed by atoms with Crippen molar-refractivity contribution in [2.75, 3.05) is 0 Å². The molecule has 2 aromatic heterocycles. The van der Waals surface area contributed by atoms with Crippen LogP contribution in [0.4, 0.5) is 8.78 Å². The molecule has 4 nitrogen and oxygen atoms in total. The maximum absolute atomic E-state index is 13.8. The topological polar surface area (TPSA) is 71.9 Å². The highest BCUT2D eigenvalue weighted by atomic mass is 32.1. The number of hydrogen-bond acceptors (Lipinski definition) is 5. The van der Waals surface area contributed by atoms with E-state index >= 15 is 0 Å². The van der Waals surface area contributed by atoms with Crippen molar-refractivity contribution >= 4 is 21.6 Å². The molecule has 0 amide bonds. The van der Waals surface area contributed by atoms with Gasteiger partial charge in [-0.1, -0.05) is 6.07 Å². The molecular weight excluding hydrogens is 356 g/mol. The van der Waals surface area contributed by atoms with Crippen LogP contribution in [-0.4, -0.2) is 4.98 Å². The number of hydrogen-bond donors (Lipinski definition) is 1. The Kier molecular flexibility index (Phi) is 3.67. The van der Waals surface area contributed by atoms with Gasteiger partial charge in [0.25, 0.3) is 0 Å². The maximum Gasteiger partial charge on any atom is 0.205 e. The summed E-state index contributed by atoms with van der Waals surface area (Å²) in [7, 11) is 0. The Bertz CT molecular complexity index is 1140. The van der Waals surface area contributed by atoms with Gasteiger partial charge >= 0.3 is 0 Å². The molecule has 0 saturated carbocycles. The molecule has 0 unspecified atom stereocenters. The molecule has 7 heteroatoms. The summed E-state index contributed by atoms with van der Waals surface area (Å²) in [4.78, 5) is 6.00. The van der Waals surface area contributed by atoms with Crippen LogP contribution in [0.15, 0.2) is 35.7 Å². The Morgan fingerprint density at radius 1 is 1.23 bits per heavy atom. The molecule has 3 aromatic rings. The van der Waals surface area contributed by atoms with Crippen LogP contribution in [0.3, 0.4) is 0 Å². The molecule has 0 aliphatic carbocycles. The molecule has 2 N–H and O–H groups in total. The third-order valence-electron chi connectivity index (χ3n) is 4.39. The second-order valence-electron chi connectivity index (χ2n) is 6.15. The number of pyridine rings is 1. The van der Waals surface area contributed by atoms with Crippen molar-refractivity contribution in [3.05, 3.63) is 69.1 Å². The molecule has 3 heterocycles. The van der Waals surface area contributed by atoms with Crippen LogP contribution in [0.1, 0.15) is 27.6 Å². The van der Waals surface area contributed by atoms with Gasteiger partial charge in [0.1, 0.15) is 16.5 Å².